The van der Waals surface area contributed by atoms with E-state index in [0.29, 0.717) is 0 Å². The zero-order chi connectivity index (χ0) is 8.04. The van der Waals surface area contributed by atoms with E-state index in [2.05, 4.69) is 20.8 Å². The van der Waals surface area contributed by atoms with Crippen LogP contribution in [0.4, 0.5) is 0 Å². The minimum Gasteiger partial charge on any atom is -0.432 e. The van der Waals surface area contributed by atoms with Gasteiger partial charge in [-0.25, -0.2) is 0 Å². The van der Waals surface area contributed by atoms with E-state index >= 15 is 0 Å². The van der Waals surface area contributed by atoms with Gasteiger partial charge in [-0.05, 0) is 18.1 Å². The van der Waals surface area contributed by atoms with Gasteiger partial charge < -0.3 is 4.80 Å². The second-order valence-corrected chi connectivity index (χ2v) is 7.40. The summed E-state index contributed by atoms with van der Waals surface area (Å²) in [6.45, 7) is 6.41. The largest absolute Gasteiger partial charge is 0.432 e. The fourth-order valence-corrected chi connectivity index (χ4v) is 3.33. The van der Waals surface area contributed by atoms with Crippen molar-refractivity contribution in [2.75, 3.05) is 0 Å². The Bertz CT molecular complexity index is 84.2. The minimum atomic E-state index is -1.72. The maximum Gasteiger partial charge on any atom is 0.188 e. The Morgan fingerprint density at radius 2 is 1.55 bits per heavy atom. The molecule has 11 heavy (non-hydrogen) atoms. The van der Waals surface area contributed by atoms with Crippen LogP contribution in [-0.2, 0) is 0 Å². The van der Waals surface area contributed by atoms with Gasteiger partial charge in [-0.1, -0.05) is 33.6 Å². The van der Waals surface area contributed by atoms with Crippen LogP contribution in [0.5, 0.6) is 0 Å². The van der Waals surface area contributed by atoms with Gasteiger partial charge in [0, 0.05) is 51.4 Å². The van der Waals surface area contributed by atoms with Gasteiger partial charge in [0.15, 0.2) is 8.32 Å². The van der Waals surface area contributed by atoms with E-state index in [1.54, 1.807) is 0 Å². The molecule has 0 aliphatic carbocycles. The summed E-state index contributed by atoms with van der Waals surface area (Å²) in [5, 5.41) is 0. The van der Waals surface area contributed by atoms with E-state index in [0.717, 1.165) is 18.1 Å². The molecular weight excluding hydrogens is 179 g/mol. The Morgan fingerprint density at radius 3 is 1.82 bits per heavy atom. The van der Waals surface area contributed by atoms with Crippen molar-refractivity contribution in [1.82, 2.24) is 0 Å². The van der Waals surface area contributed by atoms with E-state index in [4.69, 9.17) is 0 Å². The molecule has 0 heterocycles. The van der Waals surface area contributed by atoms with Crippen molar-refractivity contribution < 1.29 is 4.80 Å². The summed E-state index contributed by atoms with van der Waals surface area (Å²) in [4.78, 5) is 9.90. The summed E-state index contributed by atoms with van der Waals surface area (Å²) < 4.78 is 0. The average Bonchev–Trinajstić information content (AvgIpc) is 2.00. The smallest absolute Gasteiger partial charge is 0.188 e. The van der Waals surface area contributed by atoms with E-state index in [1.807, 2.05) is 0 Å². The molecular formula is C8H20KOSi. The van der Waals surface area contributed by atoms with Crippen LogP contribution in [0.3, 0.4) is 0 Å². The van der Waals surface area contributed by atoms with Crippen LogP contribution in [0.25, 0.3) is 0 Å². The van der Waals surface area contributed by atoms with Gasteiger partial charge in [0.25, 0.3) is 0 Å². The predicted molar refractivity (Wildman–Crippen MR) is 54.4 cm³/mol. The van der Waals surface area contributed by atoms with Crippen molar-refractivity contribution in [2.45, 2.75) is 51.7 Å². The first kappa shape index (κ1) is 15.3. The molecule has 0 aromatic carbocycles. The molecule has 3 heteroatoms. The van der Waals surface area contributed by atoms with Crippen molar-refractivity contribution >= 4 is 59.7 Å². The first-order valence-corrected chi connectivity index (χ1v) is 6.97. The summed E-state index contributed by atoms with van der Waals surface area (Å²) in [6.07, 6.45) is 2.43. The maximum atomic E-state index is 9.90. The summed E-state index contributed by atoms with van der Waals surface area (Å²) in [6, 6.07) is 3.17. The Kier molecular flexibility index (Phi) is 11.7. The van der Waals surface area contributed by atoms with Crippen LogP contribution in [0.2, 0.25) is 18.1 Å². The summed E-state index contributed by atoms with van der Waals surface area (Å²) >= 11 is 0. The maximum absolute atomic E-state index is 9.90. The standard InChI is InChI=1S/C8H20OSi.K/c1-4-7-8-10(9,5-2)6-3;/h9H,4-8H2,1-3H3;. The van der Waals surface area contributed by atoms with E-state index in [9.17, 15) is 4.80 Å². The molecule has 0 atom stereocenters. The van der Waals surface area contributed by atoms with Crippen LogP contribution < -0.4 is 0 Å². The molecule has 1 radical (unpaired) electrons. The number of unbranched alkanes of at least 4 members (excludes halogenated alkanes) is 1. The van der Waals surface area contributed by atoms with Gasteiger partial charge in [0.2, 0.25) is 0 Å². The molecule has 1 nitrogen and oxygen atoms in total. The first-order chi connectivity index (χ1) is 4.68. The van der Waals surface area contributed by atoms with Crippen molar-refractivity contribution in [3.8, 4) is 0 Å². The van der Waals surface area contributed by atoms with Gasteiger partial charge in [-0.3, -0.25) is 0 Å². The third-order valence-corrected chi connectivity index (χ3v) is 6.23. The number of rotatable bonds is 5. The molecule has 0 bridgehead atoms. The molecule has 0 saturated heterocycles. The molecule has 0 amide bonds. The van der Waals surface area contributed by atoms with Crippen molar-refractivity contribution in [1.29, 1.82) is 0 Å². The van der Waals surface area contributed by atoms with Gasteiger partial charge in [0.05, 0.1) is 0 Å². The SMILES string of the molecule is CCCC[Si](O)(CC)CC.[K]. The third kappa shape index (κ3) is 6.93. The van der Waals surface area contributed by atoms with Gasteiger partial charge in [-0.15, -0.1) is 0 Å². The van der Waals surface area contributed by atoms with Crippen LogP contribution in [-0.4, -0.2) is 64.5 Å². The molecule has 0 fully saturated rings. The number of hydrogen-bond donors (Lipinski definition) is 1. The van der Waals surface area contributed by atoms with Crippen LogP contribution in [0, 0.1) is 0 Å². The monoisotopic (exact) mass is 199 g/mol. The summed E-state index contributed by atoms with van der Waals surface area (Å²) in [5.41, 5.74) is 0. The quantitative estimate of drug-likeness (QED) is 0.674. The van der Waals surface area contributed by atoms with Crippen molar-refractivity contribution in [3.05, 3.63) is 0 Å². The fraction of sp³-hybridized carbons (Fsp3) is 1.00. The minimum absolute atomic E-state index is 0. The van der Waals surface area contributed by atoms with Crippen molar-refractivity contribution in [2.24, 2.45) is 0 Å². The van der Waals surface area contributed by atoms with Crippen LogP contribution in [0.15, 0.2) is 0 Å². The molecule has 0 rings (SSSR count). The van der Waals surface area contributed by atoms with E-state index in [-0.39, 0.29) is 51.4 Å². The second-order valence-electron chi connectivity index (χ2n) is 3.04. The van der Waals surface area contributed by atoms with Crippen molar-refractivity contribution in [3.63, 3.8) is 0 Å². The molecule has 0 saturated carbocycles. The van der Waals surface area contributed by atoms with Crippen LogP contribution >= 0.6 is 0 Å². The van der Waals surface area contributed by atoms with Gasteiger partial charge in [0.1, 0.15) is 0 Å². The Hall–Kier alpha value is 1.81. The molecule has 0 unspecified atom stereocenters. The second kappa shape index (κ2) is 8.41. The topological polar surface area (TPSA) is 20.2 Å². The van der Waals surface area contributed by atoms with Crippen LogP contribution in [0.1, 0.15) is 33.6 Å². The normalized spacial score (nSPS) is 10.9. The average molecular weight is 199 g/mol. The molecule has 0 aliphatic heterocycles. The number of hydrogen-bond acceptors (Lipinski definition) is 1. The third-order valence-electron chi connectivity index (χ3n) is 2.31. The molecule has 1 N–H and O–H groups in total. The summed E-state index contributed by atoms with van der Waals surface area (Å²) in [5.74, 6) is 0. The van der Waals surface area contributed by atoms with Gasteiger partial charge in [-0.2, -0.15) is 0 Å². The fourth-order valence-electron chi connectivity index (χ4n) is 1.11. The molecule has 63 valence electrons. The van der Waals surface area contributed by atoms with E-state index in [1.165, 1.54) is 12.8 Å². The summed E-state index contributed by atoms with van der Waals surface area (Å²) in [7, 11) is -1.72. The van der Waals surface area contributed by atoms with E-state index < -0.39 is 8.32 Å². The molecule has 0 aliphatic rings. The molecule has 0 aromatic heterocycles. The zero-order valence-electron chi connectivity index (χ0n) is 8.48. The Morgan fingerprint density at radius 1 is 1.09 bits per heavy atom. The van der Waals surface area contributed by atoms with Gasteiger partial charge >= 0.3 is 0 Å². The Balaban J connectivity index is 0. The zero-order valence-corrected chi connectivity index (χ0v) is 12.6. The molecule has 0 spiro atoms. The predicted octanol–water partition coefficient (Wildman–Crippen LogP) is 2.38. The molecule has 0 aromatic rings. The Labute approximate surface area is 115 Å². The first-order valence-electron chi connectivity index (χ1n) is 4.41.